The molecule has 1 saturated carbocycles. The summed E-state index contributed by atoms with van der Waals surface area (Å²) in [6, 6.07) is 5.90. The fourth-order valence-corrected chi connectivity index (χ4v) is 3.45. The predicted octanol–water partition coefficient (Wildman–Crippen LogP) is 4.16. The molecule has 2 atom stereocenters. The van der Waals surface area contributed by atoms with E-state index in [4.69, 9.17) is 5.11 Å². The fourth-order valence-electron chi connectivity index (χ4n) is 2.96. The summed E-state index contributed by atoms with van der Waals surface area (Å²) in [6.07, 6.45) is 5.02. The zero-order valence-corrected chi connectivity index (χ0v) is 13.0. The van der Waals surface area contributed by atoms with E-state index in [0.29, 0.717) is 17.5 Å². The Hall–Kier alpha value is -1.03. The van der Waals surface area contributed by atoms with Crippen LogP contribution in [0.3, 0.4) is 0 Å². The summed E-state index contributed by atoms with van der Waals surface area (Å²) in [5.74, 6) is -0.223. The van der Waals surface area contributed by atoms with E-state index in [1.165, 1.54) is 25.7 Å². The molecule has 1 fully saturated rings. The second-order valence-corrected chi connectivity index (χ2v) is 6.36. The van der Waals surface area contributed by atoms with Gasteiger partial charge in [0.15, 0.2) is 0 Å². The third-order valence-electron chi connectivity index (χ3n) is 4.10. The SMILES string of the molecule is CC1CCCCC1N(C)c1cc(Br)cc(C(=O)O)c1. The Morgan fingerprint density at radius 1 is 1.32 bits per heavy atom. The average Bonchev–Trinajstić information content (AvgIpc) is 2.37. The van der Waals surface area contributed by atoms with E-state index >= 15 is 0 Å². The van der Waals surface area contributed by atoms with Crippen molar-refractivity contribution >= 4 is 27.6 Å². The van der Waals surface area contributed by atoms with Gasteiger partial charge in [-0.2, -0.15) is 0 Å². The highest BCUT2D eigenvalue weighted by molar-refractivity contribution is 9.10. The van der Waals surface area contributed by atoms with Gasteiger partial charge in [-0.25, -0.2) is 4.79 Å². The molecule has 1 aliphatic carbocycles. The third-order valence-corrected chi connectivity index (χ3v) is 4.56. The van der Waals surface area contributed by atoms with E-state index in [1.807, 2.05) is 6.07 Å². The Morgan fingerprint density at radius 3 is 2.63 bits per heavy atom. The van der Waals surface area contributed by atoms with Crippen LogP contribution in [0.5, 0.6) is 0 Å². The van der Waals surface area contributed by atoms with Gasteiger partial charge in [0.05, 0.1) is 5.56 Å². The quantitative estimate of drug-likeness (QED) is 0.907. The number of aromatic carboxylic acids is 1. The number of halogens is 1. The summed E-state index contributed by atoms with van der Waals surface area (Å²) in [7, 11) is 2.07. The van der Waals surface area contributed by atoms with Crippen LogP contribution in [-0.2, 0) is 0 Å². The van der Waals surface area contributed by atoms with E-state index in [1.54, 1.807) is 12.1 Å². The van der Waals surface area contributed by atoms with Gasteiger partial charge in [-0.1, -0.05) is 35.7 Å². The van der Waals surface area contributed by atoms with E-state index in [2.05, 4.69) is 34.8 Å². The highest BCUT2D eigenvalue weighted by atomic mass is 79.9. The number of carbonyl (C=O) groups is 1. The van der Waals surface area contributed by atoms with E-state index in [-0.39, 0.29) is 0 Å². The molecule has 0 amide bonds. The van der Waals surface area contributed by atoms with Crippen molar-refractivity contribution in [3.05, 3.63) is 28.2 Å². The first kappa shape index (κ1) is 14.4. The molecule has 19 heavy (non-hydrogen) atoms. The molecule has 0 aromatic heterocycles. The molecule has 1 aromatic rings. The van der Waals surface area contributed by atoms with Gasteiger partial charge in [0.1, 0.15) is 0 Å². The number of carboxylic acids is 1. The largest absolute Gasteiger partial charge is 0.478 e. The van der Waals surface area contributed by atoms with Crippen LogP contribution in [0.15, 0.2) is 22.7 Å². The second kappa shape index (κ2) is 5.95. The van der Waals surface area contributed by atoms with Gasteiger partial charge in [0.2, 0.25) is 0 Å². The van der Waals surface area contributed by atoms with Crippen molar-refractivity contribution < 1.29 is 9.90 Å². The van der Waals surface area contributed by atoms with Gasteiger partial charge in [-0.3, -0.25) is 0 Å². The molecule has 3 nitrogen and oxygen atoms in total. The van der Waals surface area contributed by atoms with Gasteiger partial charge in [-0.05, 0) is 37.0 Å². The van der Waals surface area contributed by atoms with Crippen LogP contribution >= 0.6 is 15.9 Å². The monoisotopic (exact) mass is 325 g/mol. The van der Waals surface area contributed by atoms with Crippen LogP contribution < -0.4 is 4.90 Å². The summed E-state index contributed by atoms with van der Waals surface area (Å²) in [5.41, 5.74) is 1.31. The topological polar surface area (TPSA) is 40.5 Å². The summed E-state index contributed by atoms with van der Waals surface area (Å²) in [5, 5.41) is 9.14. The van der Waals surface area contributed by atoms with E-state index < -0.39 is 5.97 Å². The summed E-state index contributed by atoms with van der Waals surface area (Å²) < 4.78 is 0.817. The minimum Gasteiger partial charge on any atom is -0.478 e. The van der Waals surface area contributed by atoms with Gasteiger partial charge in [-0.15, -0.1) is 0 Å². The molecular formula is C15H20BrNO2. The molecule has 4 heteroatoms. The molecule has 104 valence electrons. The second-order valence-electron chi connectivity index (χ2n) is 5.44. The zero-order valence-electron chi connectivity index (χ0n) is 11.4. The molecule has 2 unspecified atom stereocenters. The molecule has 0 heterocycles. The fraction of sp³-hybridized carbons (Fsp3) is 0.533. The van der Waals surface area contributed by atoms with Crippen LogP contribution in [0, 0.1) is 5.92 Å². The Balaban J connectivity index is 2.27. The standard InChI is InChI=1S/C15H20BrNO2/c1-10-5-3-4-6-14(10)17(2)13-8-11(15(18)19)7-12(16)9-13/h7-10,14H,3-6H2,1-2H3,(H,18,19). The first-order valence-corrected chi connectivity index (χ1v) is 7.55. The Labute approximate surface area is 122 Å². The maximum atomic E-state index is 11.1. The van der Waals surface area contributed by atoms with Crippen LogP contribution in [-0.4, -0.2) is 24.2 Å². The van der Waals surface area contributed by atoms with Crippen molar-refractivity contribution in [2.45, 2.75) is 38.6 Å². The van der Waals surface area contributed by atoms with Gasteiger partial charge in [0.25, 0.3) is 0 Å². The van der Waals surface area contributed by atoms with Crippen molar-refractivity contribution in [2.24, 2.45) is 5.92 Å². The Kier molecular flexibility index (Phi) is 4.50. The van der Waals surface area contributed by atoms with Crippen LogP contribution in [0.2, 0.25) is 0 Å². The van der Waals surface area contributed by atoms with E-state index in [9.17, 15) is 4.79 Å². The van der Waals surface area contributed by atoms with Crippen molar-refractivity contribution in [1.82, 2.24) is 0 Å². The van der Waals surface area contributed by atoms with Crippen LogP contribution in [0.1, 0.15) is 43.0 Å². The number of hydrogen-bond donors (Lipinski definition) is 1. The molecule has 1 N–H and O–H groups in total. The van der Waals surface area contributed by atoms with Crippen LogP contribution in [0.4, 0.5) is 5.69 Å². The maximum absolute atomic E-state index is 11.1. The third kappa shape index (κ3) is 3.30. The summed E-state index contributed by atoms with van der Waals surface area (Å²) >= 11 is 3.40. The highest BCUT2D eigenvalue weighted by Crippen LogP contribution is 2.32. The van der Waals surface area contributed by atoms with Crippen LogP contribution in [0.25, 0.3) is 0 Å². The van der Waals surface area contributed by atoms with Gasteiger partial charge in [0, 0.05) is 23.2 Å². The number of hydrogen-bond acceptors (Lipinski definition) is 2. The molecule has 0 spiro atoms. The van der Waals surface area contributed by atoms with Gasteiger partial charge < -0.3 is 10.0 Å². The van der Waals surface area contributed by atoms with E-state index in [0.717, 1.165) is 10.2 Å². The molecule has 0 aliphatic heterocycles. The Morgan fingerprint density at radius 2 is 2.00 bits per heavy atom. The minimum atomic E-state index is -0.882. The number of nitrogens with zero attached hydrogens (tertiary/aromatic N) is 1. The lowest BCUT2D eigenvalue weighted by molar-refractivity contribution is 0.0697. The van der Waals surface area contributed by atoms with Gasteiger partial charge >= 0.3 is 5.97 Å². The maximum Gasteiger partial charge on any atom is 0.335 e. The first-order valence-electron chi connectivity index (χ1n) is 6.75. The normalized spacial score (nSPS) is 23.1. The molecule has 1 aliphatic rings. The molecule has 1 aromatic carbocycles. The lowest BCUT2D eigenvalue weighted by atomic mass is 9.85. The lowest BCUT2D eigenvalue weighted by Crippen LogP contribution is -2.39. The average molecular weight is 326 g/mol. The molecule has 0 radical (unpaired) electrons. The van der Waals surface area contributed by atoms with Crippen molar-refractivity contribution in [3.8, 4) is 0 Å². The van der Waals surface area contributed by atoms with Crippen molar-refractivity contribution in [3.63, 3.8) is 0 Å². The predicted molar refractivity (Wildman–Crippen MR) is 80.9 cm³/mol. The Bertz CT molecular complexity index is 475. The lowest BCUT2D eigenvalue weighted by Gasteiger charge is -2.37. The highest BCUT2D eigenvalue weighted by Gasteiger charge is 2.25. The number of anilines is 1. The summed E-state index contributed by atoms with van der Waals surface area (Å²) in [6.45, 7) is 2.29. The number of benzene rings is 1. The number of carboxylic acid groups (broad SMARTS) is 1. The summed E-state index contributed by atoms with van der Waals surface area (Å²) in [4.78, 5) is 13.4. The molecule has 2 rings (SSSR count). The molecule has 0 bridgehead atoms. The van der Waals surface area contributed by atoms with Crippen molar-refractivity contribution in [1.29, 1.82) is 0 Å². The molecular weight excluding hydrogens is 306 g/mol. The zero-order chi connectivity index (χ0) is 14.0. The van der Waals surface area contributed by atoms with Crippen molar-refractivity contribution in [2.75, 3.05) is 11.9 Å². The minimum absolute atomic E-state index is 0.333. The first-order chi connectivity index (χ1) is 8.99. The smallest absolute Gasteiger partial charge is 0.335 e. The molecule has 0 saturated heterocycles. The number of rotatable bonds is 3.